The van der Waals surface area contributed by atoms with Gasteiger partial charge >= 0.3 is 0 Å². The monoisotopic (exact) mass is 272 g/mol. The summed E-state index contributed by atoms with van der Waals surface area (Å²) in [5.41, 5.74) is 7.91. The predicted octanol–water partition coefficient (Wildman–Crippen LogP) is 3.51. The van der Waals surface area contributed by atoms with E-state index in [1.54, 1.807) is 0 Å². The number of nitrogen functional groups attached to an aromatic ring is 1. The van der Waals surface area contributed by atoms with Crippen molar-refractivity contribution in [3.05, 3.63) is 18.2 Å². The van der Waals surface area contributed by atoms with Crippen molar-refractivity contribution < 1.29 is 4.74 Å². The topological polar surface area (TPSA) is 47.3 Å². The van der Waals surface area contributed by atoms with E-state index < -0.39 is 0 Å². The molecule has 4 atom stereocenters. The molecule has 3 nitrogen and oxygen atoms in total. The first-order valence-electron chi connectivity index (χ1n) is 8.06. The molecule has 1 aromatic rings. The largest absolute Gasteiger partial charge is 0.493 e. The van der Waals surface area contributed by atoms with Crippen LogP contribution in [0.1, 0.15) is 32.6 Å². The van der Waals surface area contributed by atoms with Crippen molar-refractivity contribution in [2.75, 3.05) is 17.7 Å². The lowest BCUT2D eigenvalue weighted by Gasteiger charge is -2.14. The van der Waals surface area contributed by atoms with Gasteiger partial charge in [-0.15, -0.1) is 0 Å². The Labute approximate surface area is 120 Å². The first-order valence-corrected chi connectivity index (χ1v) is 8.06. The predicted molar refractivity (Wildman–Crippen MR) is 81.9 cm³/mol. The van der Waals surface area contributed by atoms with Crippen LogP contribution < -0.4 is 15.8 Å². The summed E-state index contributed by atoms with van der Waals surface area (Å²) in [6.45, 7) is 2.87. The number of anilines is 2. The smallest absolute Gasteiger partial charge is 0.123 e. The minimum absolute atomic E-state index is 0.696. The van der Waals surface area contributed by atoms with E-state index in [0.29, 0.717) is 6.04 Å². The van der Waals surface area contributed by atoms with E-state index in [9.17, 15) is 0 Å². The van der Waals surface area contributed by atoms with Crippen molar-refractivity contribution in [3.8, 4) is 5.75 Å². The number of hydrogen-bond acceptors (Lipinski definition) is 3. The van der Waals surface area contributed by atoms with Crippen molar-refractivity contribution in [2.45, 2.75) is 38.6 Å². The number of rotatable bonds is 5. The second-order valence-electron chi connectivity index (χ2n) is 6.80. The molecule has 3 saturated carbocycles. The Bertz CT molecular complexity index is 500. The zero-order chi connectivity index (χ0) is 13.7. The fourth-order valence-corrected chi connectivity index (χ4v) is 4.72. The van der Waals surface area contributed by atoms with Gasteiger partial charge < -0.3 is 15.8 Å². The average molecular weight is 272 g/mol. The number of hydrogen-bond donors (Lipinski definition) is 2. The molecule has 0 saturated heterocycles. The molecule has 3 fully saturated rings. The van der Waals surface area contributed by atoms with Crippen molar-refractivity contribution in [3.63, 3.8) is 0 Å². The van der Waals surface area contributed by atoms with E-state index in [0.717, 1.165) is 53.8 Å². The lowest BCUT2D eigenvalue weighted by atomic mass is 10.0. The van der Waals surface area contributed by atoms with Crippen molar-refractivity contribution >= 4 is 11.4 Å². The molecule has 108 valence electrons. The molecular formula is C17H24N2O. The van der Waals surface area contributed by atoms with Gasteiger partial charge in [0.15, 0.2) is 0 Å². The van der Waals surface area contributed by atoms with Gasteiger partial charge in [0.1, 0.15) is 5.75 Å². The minimum atomic E-state index is 0.696. The highest BCUT2D eigenvalue weighted by molar-refractivity contribution is 5.60. The Balaban J connectivity index is 1.45. The molecule has 0 spiro atoms. The molecular weight excluding hydrogens is 248 g/mol. The minimum Gasteiger partial charge on any atom is -0.493 e. The molecule has 0 heterocycles. The maximum atomic E-state index is 5.99. The highest BCUT2D eigenvalue weighted by Gasteiger charge is 2.64. The molecule has 3 aliphatic rings. The Hall–Kier alpha value is -1.38. The number of nitrogens with two attached hydrogens (primary N) is 1. The molecule has 20 heavy (non-hydrogen) atoms. The van der Waals surface area contributed by atoms with Crippen LogP contribution in [-0.4, -0.2) is 12.6 Å². The first-order chi connectivity index (χ1) is 9.76. The van der Waals surface area contributed by atoms with E-state index in [2.05, 4.69) is 18.3 Å². The SMILES string of the molecule is CCCOc1cc(N)cc(NC2C3C4CCC(C4)C23)c1. The maximum Gasteiger partial charge on any atom is 0.123 e. The number of nitrogens with one attached hydrogen (secondary N) is 1. The first kappa shape index (κ1) is 12.4. The van der Waals surface area contributed by atoms with Crippen LogP contribution in [0.15, 0.2) is 18.2 Å². The maximum absolute atomic E-state index is 5.99. The van der Waals surface area contributed by atoms with Gasteiger partial charge in [0.25, 0.3) is 0 Å². The number of benzene rings is 1. The highest BCUT2D eigenvalue weighted by Crippen LogP contribution is 2.66. The second kappa shape index (κ2) is 4.57. The highest BCUT2D eigenvalue weighted by atomic mass is 16.5. The van der Waals surface area contributed by atoms with Gasteiger partial charge in [-0.1, -0.05) is 6.92 Å². The van der Waals surface area contributed by atoms with Crippen LogP contribution in [0.3, 0.4) is 0 Å². The normalized spacial score (nSPS) is 36.8. The van der Waals surface area contributed by atoms with Gasteiger partial charge in [-0.2, -0.15) is 0 Å². The van der Waals surface area contributed by atoms with Crippen molar-refractivity contribution in [2.24, 2.45) is 23.7 Å². The van der Waals surface area contributed by atoms with Gasteiger partial charge in [-0.25, -0.2) is 0 Å². The van der Waals surface area contributed by atoms with Gasteiger partial charge in [-0.05, 0) is 55.4 Å². The van der Waals surface area contributed by atoms with Gasteiger partial charge in [-0.3, -0.25) is 0 Å². The number of ether oxygens (including phenoxy) is 1. The number of fused-ring (bicyclic) bond motifs is 5. The van der Waals surface area contributed by atoms with E-state index in [1.165, 1.54) is 19.3 Å². The van der Waals surface area contributed by atoms with Gasteiger partial charge in [0, 0.05) is 29.5 Å². The Morgan fingerprint density at radius 3 is 2.65 bits per heavy atom. The molecule has 4 unspecified atom stereocenters. The zero-order valence-electron chi connectivity index (χ0n) is 12.1. The second-order valence-corrected chi connectivity index (χ2v) is 6.80. The van der Waals surface area contributed by atoms with Crippen molar-refractivity contribution in [1.82, 2.24) is 0 Å². The summed E-state index contributed by atoms with van der Waals surface area (Å²) in [4.78, 5) is 0. The molecule has 1 aromatic carbocycles. The third-order valence-electron chi connectivity index (χ3n) is 5.47. The quantitative estimate of drug-likeness (QED) is 0.806. The fourth-order valence-electron chi connectivity index (χ4n) is 4.72. The van der Waals surface area contributed by atoms with Gasteiger partial charge in [0.05, 0.1) is 6.61 Å². The lowest BCUT2D eigenvalue weighted by Crippen LogP contribution is -2.13. The molecule has 0 amide bonds. The van der Waals surface area contributed by atoms with E-state index in [4.69, 9.17) is 10.5 Å². The lowest BCUT2D eigenvalue weighted by molar-refractivity contribution is 0.318. The van der Waals surface area contributed by atoms with Crippen LogP contribution in [-0.2, 0) is 0 Å². The molecule has 0 radical (unpaired) electrons. The molecule has 3 aliphatic carbocycles. The summed E-state index contributed by atoms with van der Waals surface area (Å²) in [6.07, 6.45) is 5.45. The van der Waals surface area contributed by atoms with Crippen molar-refractivity contribution in [1.29, 1.82) is 0 Å². The molecule has 4 rings (SSSR count). The zero-order valence-corrected chi connectivity index (χ0v) is 12.1. The van der Waals surface area contributed by atoms with Crippen LogP contribution in [0.2, 0.25) is 0 Å². The summed E-state index contributed by atoms with van der Waals surface area (Å²) in [5.74, 6) is 4.77. The molecule has 2 bridgehead atoms. The van der Waals surface area contributed by atoms with Gasteiger partial charge in [0.2, 0.25) is 0 Å². The third-order valence-corrected chi connectivity index (χ3v) is 5.47. The van der Waals surface area contributed by atoms with E-state index >= 15 is 0 Å². The van der Waals surface area contributed by atoms with Crippen LogP contribution in [0.5, 0.6) is 5.75 Å². The summed E-state index contributed by atoms with van der Waals surface area (Å²) in [6, 6.07) is 6.75. The van der Waals surface area contributed by atoms with E-state index in [-0.39, 0.29) is 0 Å². The third kappa shape index (κ3) is 1.95. The average Bonchev–Trinajstić information content (AvgIpc) is 2.83. The summed E-state index contributed by atoms with van der Waals surface area (Å²) in [5, 5.41) is 3.72. The summed E-state index contributed by atoms with van der Waals surface area (Å²) >= 11 is 0. The molecule has 3 heteroatoms. The molecule has 0 aliphatic heterocycles. The van der Waals surface area contributed by atoms with Crippen LogP contribution in [0, 0.1) is 23.7 Å². The molecule has 0 aromatic heterocycles. The Kier molecular flexibility index (Phi) is 2.83. The molecule has 3 N–H and O–H groups in total. The Morgan fingerprint density at radius 1 is 1.20 bits per heavy atom. The van der Waals surface area contributed by atoms with Crippen LogP contribution in [0.25, 0.3) is 0 Å². The summed E-state index contributed by atoms with van der Waals surface area (Å²) < 4.78 is 5.71. The fraction of sp³-hybridized carbons (Fsp3) is 0.647. The van der Waals surface area contributed by atoms with Crippen LogP contribution >= 0.6 is 0 Å². The Morgan fingerprint density at radius 2 is 1.95 bits per heavy atom. The standard InChI is InChI=1S/C17H24N2O/c1-2-5-20-14-8-12(18)7-13(9-14)19-17-15-10-3-4-11(6-10)16(15)17/h7-11,15-17,19H,2-6,18H2,1H3. The van der Waals surface area contributed by atoms with Crippen LogP contribution in [0.4, 0.5) is 11.4 Å². The van der Waals surface area contributed by atoms with E-state index in [1.807, 2.05) is 12.1 Å². The summed E-state index contributed by atoms with van der Waals surface area (Å²) in [7, 11) is 0.